The zero-order chi connectivity index (χ0) is 22.0. The predicted octanol–water partition coefficient (Wildman–Crippen LogP) is 3.71. The van der Waals surface area contributed by atoms with Crippen molar-refractivity contribution in [1.82, 2.24) is 10.2 Å². The maximum atomic E-state index is 13.2. The second-order valence-electron chi connectivity index (χ2n) is 7.76. The van der Waals surface area contributed by atoms with Gasteiger partial charge in [0.2, 0.25) is 0 Å². The molecule has 0 bridgehead atoms. The van der Waals surface area contributed by atoms with Crippen LogP contribution in [0.15, 0.2) is 64.3 Å². The summed E-state index contributed by atoms with van der Waals surface area (Å²) in [5.74, 6) is -1.36. The van der Waals surface area contributed by atoms with Crippen molar-refractivity contribution >= 4 is 23.3 Å². The molecule has 2 aliphatic heterocycles. The van der Waals surface area contributed by atoms with Crippen LogP contribution in [0.5, 0.6) is 0 Å². The van der Waals surface area contributed by atoms with Gasteiger partial charge in [-0.15, -0.1) is 11.3 Å². The van der Waals surface area contributed by atoms with Crippen LogP contribution >= 0.6 is 11.3 Å². The third-order valence-corrected chi connectivity index (χ3v) is 6.70. The fourth-order valence-corrected chi connectivity index (χ4v) is 5.14. The predicted molar refractivity (Wildman–Crippen MR) is 119 cm³/mol. The Bertz CT molecular complexity index is 1030. The number of methoxy groups -OCH3 is 1. The number of dihydropyridines is 1. The highest BCUT2D eigenvalue weighted by molar-refractivity contribution is 7.10. The number of thiophene rings is 1. The van der Waals surface area contributed by atoms with E-state index in [1.165, 1.54) is 29.6 Å². The van der Waals surface area contributed by atoms with E-state index in [9.17, 15) is 9.59 Å². The van der Waals surface area contributed by atoms with Gasteiger partial charge in [-0.25, -0.2) is 9.59 Å². The van der Waals surface area contributed by atoms with Crippen molar-refractivity contribution in [3.05, 3.63) is 80.3 Å². The molecule has 2 aliphatic rings. The summed E-state index contributed by atoms with van der Waals surface area (Å²) in [5.41, 5.74) is 4.93. The van der Waals surface area contributed by atoms with Crippen molar-refractivity contribution in [1.29, 1.82) is 0 Å². The number of hydrogen-bond acceptors (Lipinski definition) is 7. The summed E-state index contributed by atoms with van der Waals surface area (Å²) in [6.07, 6.45) is 0. The van der Waals surface area contributed by atoms with Crippen LogP contribution in [-0.2, 0) is 32.2 Å². The number of nitrogens with one attached hydrogen (secondary N) is 1. The highest BCUT2D eigenvalue weighted by Gasteiger charge is 2.38. The molecule has 0 saturated heterocycles. The first-order valence-corrected chi connectivity index (χ1v) is 11.1. The van der Waals surface area contributed by atoms with Gasteiger partial charge < -0.3 is 14.8 Å². The lowest BCUT2D eigenvalue weighted by atomic mass is 9.84. The molecule has 1 N–H and O–H groups in total. The lowest BCUT2D eigenvalue weighted by Gasteiger charge is -2.29. The van der Waals surface area contributed by atoms with E-state index in [1.54, 1.807) is 0 Å². The molecular weight excluding hydrogens is 412 g/mol. The SMILES string of the molecule is COC(=O)C1=C(C)NC(C)=C(C(=O)OCCN2Cc3ccccc3C2)C1c1cccs1. The first kappa shape index (κ1) is 21.3. The standard InChI is InChI=1S/C24H26N2O4S/c1-15-20(23(27)29-3)22(19-9-6-12-31-19)21(16(2)25-15)24(28)30-11-10-26-13-17-7-4-5-8-18(17)14-26/h4-9,12,22,25H,10-11,13-14H2,1-3H3. The Morgan fingerprint density at radius 2 is 1.68 bits per heavy atom. The molecule has 0 spiro atoms. The molecule has 6 nitrogen and oxygen atoms in total. The van der Waals surface area contributed by atoms with Crippen molar-refractivity contribution in [2.75, 3.05) is 20.3 Å². The maximum absolute atomic E-state index is 13.2. The average molecular weight is 439 g/mol. The average Bonchev–Trinajstić information content (AvgIpc) is 3.42. The van der Waals surface area contributed by atoms with Gasteiger partial charge in [-0.1, -0.05) is 30.3 Å². The van der Waals surface area contributed by atoms with Gasteiger partial charge >= 0.3 is 11.9 Å². The first-order chi connectivity index (χ1) is 15.0. The number of carbonyl (C=O) groups is 2. The van der Waals surface area contributed by atoms with E-state index in [0.29, 0.717) is 29.1 Å². The lowest BCUT2D eigenvalue weighted by molar-refractivity contribution is -0.140. The second kappa shape index (κ2) is 9.08. The van der Waals surface area contributed by atoms with Gasteiger partial charge in [0.15, 0.2) is 0 Å². The Kier molecular flexibility index (Phi) is 6.25. The highest BCUT2D eigenvalue weighted by atomic mass is 32.1. The fourth-order valence-electron chi connectivity index (χ4n) is 4.29. The third kappa shape index (κ3) is 4.29. The second-order valence-corrected chi connectivity index (χ2v) is 8.74. The highest BCUT2D eigenvalue weighted by Crippen LogP contribution is 2.40. The molecule has 162 valence electrons. The van der Waals surface area contributed by atoms with Gasteiger partial charge in [-0.2, -0.15) is 0 Å². The van der Waals surface area contributed by atoms with Crippen LogP contribution in [0.4, 0.5) is 0 Å². The molecule has 1 aromatic heterocycles. The van der Waals surface area contributed by atoms with Crippen LogP contribution < -0.4 is 5.32 Å². The number of nitrogens with zero attached hydrogens (tertiary/aromatic N) is 1. The van der Waals surface area contributed by atoms with E-state index in [-0.39, 0.29) is 6.61 Å². The summed E-state index contributed by atoms with van der Waals surface area (Å²) in [5, 5.41) is 5.10. The van der Waals surface area contributed by atoms with Crippen LogP contribution in [0.25, 0.3) is 0 Å². The Morgan fingerprint density at radius 1 is 1.03 bits per heavy atom. The Morgan fingerprint density at radius 3 is 2.26 bits per heavy atom. The van der Waals surface area contributed by atoms with Crippen LogP contribution in [0.2, 0.25) is 0 Å². The molecule has 7 heteroatoms. The van der Waals surface area contributed by atoms with Gasteiger partial charge in [-0.05, 0) is 36.4 Å². The molecule has 4 rings (SSSR count). The number of benzene rings is 1. The number of allylic oxidation sites excluding steroid dienone is 2. The van der Waals surface area contributed by atoms with E-state index in [1.807, 2.05) is 43.5 Å². The molecule has 0 radical (unpaired) electrons. The first-order valence-electron chi connectivity index (χ1n) is 10.3. The van der Waals surface area contributed by atoms with Crippen molar-refractivity contribution in [3.8, 4) is 0 Å². The van der Waals surface area contributed by atoms with Crippen molar-refractivity contribution in [2.24, 2.45) is 0 Å². The molecule has 31 heavy (non-hydrogen) atoms. The number of carbonyl (C=O) groups excluding carboxylic acids is 2. The minimum absolute atomic E-state index is 0.289. The minimum Gasteiger partial charge on any atom is -0.466 e. The maximum Gasteiger partial charge on any atom is 0.336 e. The molecule has 0 saturated carbocycles. The molecule has 2 aromatic rings. The van der Waals surface area contributed by atoms with Crippen LogP contribution in [0, 0.1) is 0 Å². The lowest BCUT2D eigenvalue weighted by Crippen LogP contribution is -2.32. The molecule has 1 atom stereocenters. The van der Waals surface area contributed by atoms with Gasteiger partial charge in [0.05, 0.1) is 24.2 Å². The zero-order valence-electron chi connectivity index (χ0n) is 17.9. The molecule has 0 aliphatic carbocycles. The van der Waals surface area contributed by atoms with Crippen molar-refractivity contribution in [3.63, 3.8) is 0 Å². The molecule has 0 fully saturated rings. The largest absolute Gasteiger partial charge is 0.466 e. The molecule has 1 unspecified atom stereocenters. The molecule has 3 heterocycles. The van der Waals surface area contributed by atoms with Gasteiger partial charge in [0, 0.05) is 35.9 Å². The van der Waals surface area contributed by atoms with Crippen LogP contribution in [0.1, 0.15) is 35.8 Å². The molecular formula is C24H26N2O4S. The minimum atomic E-state index is -0.503. The summed E-state index contributed by atoms with van der Waals surface area (Å²) in [7, 11) is 1.35. The number of esters is 2. The smallest absolute Gasteiger partial charge is 0.336 e. The Balaban J connectivity index is 1.48. The quantitative estimate of drug-likeness (QED) is 0.694. The van der Waals surface area contributed by atoms with E-state index in [2.05, 4.69) is 22.3 Å². The number of rotatable bonds is 6. The van der Waals surface area contributed by atoms with Crippen molar-refractivity contribution < 1.29 is 19.1 Å². The topological polar surface area (TPSA) is 67.9 Å². The van der Waals surface area contributed by atoms with Gasteiger partial charge in [-0.3, -0.25) is 4.90 Å². The van der Waals surface area contributed by atoms with Crippen LogP contribution in [0.3, 0.4) is 0 Å². The van der Waals surface area contributed by atoms with E-state index in [0.717, 1.165) is 18.0 Å². The summed E-state index contributed by atoms with van der Waals surface area (Å²) in [6, 6.07) is 12.2. The third-order valence-electron chi connectivity index (χ3n) is 5.76. The zero-order valence-corrected chi connectivity index (χ0v) is 18.8. The van der Waals surface area contributed by atoms with Gasteiger partial charge in [0.1, 0.15) is 6.61 Å². The Hall–Kier alpha value is -2.90. The van der Waals surface area contributed by atoms with E-state index in [4.69, 9.17) is 9.47 Å². The number of fused-ring (bicyclic) bond motifs is 1. The van der Waals surface area contributed by atoms with Crippen LogP contribution in [-0.4, -0.2) is 37.1 Å². The summed E-state index contributed by atoms with van der Waals surface area (Å²) in [4.78, 5) is 28.9. The molecule has 1 aromatic carbocycles. The monoisotopic (exact) mass is 438 g/mol. The number of ether oxygens (including phenoxy) is 2. The summed E-state index contributed by atoms with van der Waals surface area (Å²) >= 11 is 1.50. The molecule has 0 amide bonds. The normalized spacial score (nSPS) is 18.6. The van der Waals surface area contributed by atoms with E-state index < -0.39 is 17.9 Å². The van der Waals surface area contributed by atoms with E-state index >= 15 is 0 Å². The number of hydrogen-bond donors (Lipinski definition) is 1. The summed E-state index contributed by atoms with van der Waals surface area (Å²) in [6.45, 7) is 6.33. The fraction of sp³-hybridized carbons (Fsp3) is 0.333. The van der Waals surface area contributed by atoms with Gasteiger partial charge in [0.25, 0.3) is 0 Å². The Labute approximate surface area is 186 Å². The summed E-state index contributed by atoms with van der Waals surface area (Å²) < 4.78 is 10.7. The van der Waals surface area contributed by atoms with Crippen molar-refractivity contribution in [2.45, 2.75) is 32.9 Å².